The second-order valence-electron chi connectivity index (χ2n) is 2.93. The molecule has 0 fully saturated rings. The van der Waals surface area contributed by atoms with Crippen molar-refractivity contribution in [2.45, 2.75) is 19.3 Å². The molecule has 86 valence electrons. The molecule has 0 aliphatic rings. The quantitative estimate of drug-likeness (QED) is 0.640. The van der Waals surface area contributed by atoms with Crippen molar-refractivity contribution >= 4 is 17.9 Å². The van der Waals surface area contributed by atoms with Crippen LogP contribution in [0.15, 0.2) is 0 Å². The summed E-state index contributed by atoms with van der Waals surface area (Å²) < 4.78 is 8.81. The Bertz CT molecular complexity index is 247. The molecule has 0 aromatic heterocycles. The number of ether oxygens (including phenoxy) is 2. The molecule has 0 aromatic carbocycles. The van der Waals surface area contributed by atoms with Gasteiger partial charge in [-0.25, -0.2) is 0 Å². The van der Waals surface area contributed by atoms with Crippen LogP contribution >= 0.6 is 0 Å². The van der Waals surface area contributed by atoms with Crippen molar-refractivity contribution in [3.05, 3.63) is 0 Å². The number of aliphatic carboxylic acids is 1. The van der Waals surface area contributed by atoms with Crippen molar-refractivity contribution in [2.75, 3.05) is 14.2 Å². The van der Waals surface area contributed by atoms with Crippen molar-refractivity contribution in [2.24, 2.45) is 5.92 Å². The Balaban J connectivity index is 4.18. The van der Waals surface area contributed by atoms with Gasteiger partial charge in [-0.2, -0.15) is 0 Å². The smallest absolute Gasteiger partial charge is 0.309 e. The minimum Gasteiger partial charge on any atom is -0.481 e. The van der Waals surface area contributed by atoms with Gasteiger partial charge in [0.05, 0.1) is 26.6 Å². The van der Waals surface area contributed by atoms with E-state index in [2.05, 4.69) is 9.47 Å². The maximum absolute atomic E-state index is 11.1. The summed E-state index contributed by atoms with van der Waals surface area (Å²) in [6.45, 7) is 0. The predicted molar refractivity (Wildman–Crippen MR) is 49.0 cm³/mol. The highest BCUT2D eigenvalue weighted by molar-refractivity contribution is 5.79. The second kappa shape index (κ2) is 6.80. The average Bonchev–Trinajstić information content (AvgIpc) is 2.21. The van der Waals surface area contributed by atoms with Gasteiger partial charge < -0.3 is 14.6 Å². The largest absolute Gasteiger partial charge is 0.481 e. The Labute approximate surface area is 87.2 Å². The van der Waals surface area contributed by atoms with E-state index in [1.807, 2.05) is 0 Å². The fourth-order valence-electron chi connectivity index (χ4n) is 1.07. The van der Waals surface area contributed by atoms with Gasteiger partial charge in [-0.15, -0.1) is 0 Å². The highest BCUT2D eigenvalue weighted by Crippen LogP contribution is 2.13. The van der Waals surface area contributed by atoms with Crippen LogP contribution in [0.3, 0.4) is 0 Å². The molecule has 1 N–H and O–H groups in total. The van der Waals surface area contributed by atoms with E-state index in [0.29, 0.717) is 0 Å². The Hall–Kier alpha value is -1.59. The van der Waals surface area contributed by atoms with Crippen LogP contribution in [0.2, 0.25) is 0 Å². The average molecular weight is 218 g/mol. The van der Waals surface area contributed by atoms with Crippen LogP contribution in [0.1, 0.15) is 19.3 Å². The van der Waals surface area contributed by atoms with Gasteiger partial charge in [0.25, 0.3) is 0 Å². The van der Waals surface area contributed by atoms with Crippen molar-refractivity contribution in [3.8, 4) is 0 Å². The molecule has 1 atom stereocenters. The van der Waals surface area contributed by atoms with Crippen molar-refractivity contribution in [1.29, 1.82) is 0 Å². The summed E-state index contributed by atoms with van der Waals surface area (Å²) in [5.41, 5.74) is 0. The van der Waals surface area contributed by atoms with Crippen LogP contribution in [0.5, 0.6) is 0 Å². The molecule has 0 saturated carbocycles. The number of carbonyl (C=O) groups excluding carboxylic acids is 2. The zero-order chi connectivity index (χ0) is 11.8. The summed E-state index contributed by atoms with van der Waals surface area (Å²) in [5.74, 6) is -3.00. The highest BCUT2D eigenvalue weighted by atomic mass is 16.5. The maximum Gasteiger partial charge on any atom is 0.309 e. The second-order valence-corrected chi connectivity index (χ2v) is 2.93. The van der Waals surface area contributed by atoms with Gasteiger partial charge in [0, 0.05) is 6.42 Å². The molecule has 0 rings (SSSR count). The molecule has 0 aromatic rings. The molecule has 0 aliphatic carbocycles. The summed E-state index contributed by atoms with van der Waals surface area (Å²) in [6, 6.07) is 0. The van der Waals surface area contributed by atoms with Crippen LogP contribution in [0, 0.1) is 5.92 Å². The Morgan fingerprint density at radius 2 is 1.80 bits per heavy atom. The predicted octanol–water partition coefficient (Wildman–Crippen LogP) is 0.203. The monoisotopic (exact) mass is 218 g/mol. The summed E-state index contributed by atoms with van der Waals surface area (Å²) in [4.78, 5) is 32.3. The highest BCUT2D eigenvalue weighted by Gasteiger charge is 2.23. The van der Waals surface area contributed by atoms with Gasteiger partial charge in [-0.05, 0) is 6.42 Å². The first kappa shape index (κ1) is 13.4. The molecule has 15 heavy (non-hydrogen) atoms. The van der Waals surface area contributed by atoms with Crippen molar-refractivity contribution in [1.82, 2.24) is 0 Å². The van der Waals surface area contributed by atoms with Gasteiger partial charge in [-0.3, -0.25) is 14.4 Å². The number of esters is 2. The lowest BCUT2D eigenvalue weighted by Gasteiger charge is -2.10. The Morgan fingerprint density at radius 3 is 2.20 bits per heavy atom. The first-order valence-electron chi connectivity index (χ1n) is 4.37. The van der Waals surface area contributed by atoms with E-state index in [0.717, 1.165) is 0 Å². The maximum atomic E-state index is 11.1. The normalized spacial score (nSPS) is 11.6. The summed E-state index contributed by atoms with van der Waals surface area (Å²) in [6.07, 6.45) is -0.223. The van der Waals surface area contributed by atoms with E-state index in [4.69, 9.17) is 5.11 Å². The standard InChI is InChI=1S/C9H14O6/c1-14-8(12)4-3-6(5-7(10)11)9(13)15-2/h6H,3-5H2,1-2H3,(H,10,11). The number of rotatable bonds is 6. The van der Waals surface area contributed by atoms with Crippen LogP contribution in [0.25, 0.3) is 0 Å². The lowest BCUT2D eigenvalue weighted by molar-refractivity contribution is -0.151. The minimum atomic E-state index is -1.10. The van der Waals surface area contributed by atoms with E-state index < -0.39 is 23.8 Å². The van der Waals surface area contributed by atoms with Gasteiger partial charge in [0.15, 0.2) is 0 Å². The van der Waals surface area contributed by atoms with E-state index in [-0.39, 0.29) is 19.3 Å². The van der Waals surface area contributed by atoms with Crippen LogP contribution in [-0.4, -0.2) is 37.2 Å². The summed E-state index contributed by atoms with van der Waals surface area (Å²) in [5, 5.41) is 8.53. The van der Waals surface area contributed by atoms with Crippen molar-refractivity contribution < 1.29 is 29.0 Å². The number of hydrogen-bond donors (Lipinski definition) is 1. The van der Waals surface area contributed by atoms with Crippen molar-refractivity contribution in [3.63, 3.8) is 0 Å². The van der Waals surface area contributed by atoms with Crippen LogP contribution < -0.4 is 0 Å². The molecule has 0 radical (unpaired) electrons. The van der Waals surface area contributed by atoms with Crippen LogP contribution in [0.4, 0.5) is 0 Å². The molecule has 0 bridgehead atoms. The number of carboxylic acid groups (broad SMARTS) is 1. The molecular weight excluding hydrogens is 204 g/mol. The lowest BCUT2D eigenvalue weighted by atomic mass is 10.00. The summed E-state index contributed by atoms with van der Waals surface area (Å²) in [7, 11) is 2.40. The zero-order valence-electron chi connectivity index (χ0n) is 8.69. The van der Waals surface area contributed by atoms with Gasteiger partial charge in [-0.1, -0.05) is 0 Å². The van der Waals surface area contributed by atoms with E-state index in [9.17, 15) is 14.4 Å². The van der Waals surface area contributed by atoms with Gasteiger partial charge >= 0.3 is 17.9 Å². The van der Waals surface area contributed by atoms with Gasteiger partial charge in [0.2, 0.25) is 0 Å². The third kappa shape index (κ3) is 5.66. The van der Waals surface area contributed by atoms with E-state index in [1.54, 1.807) is 0 Å². The minimum absolute atomic E-state index is 0.00352. The molecule has 0 heterocycles. The lowest BCUT2D eigenvalue weighted by Crippen LogP contribution is -2.21. The third-order valence-corrected chi connectivity index (χ3v) is 1.88. The Morgan fingerprint density at radius 1 is 1.20 bits per heavy atom. The first-order chi connectivity index (χ1) is 7.01. The molecule has 0 saturated heterocycles. The topological polar surface area (TPSA) is 89.9 Å². The number of carbonyl (C=O) groups is 3. The number of carboxylic acids is 1. The fourth-order valence-corrected chi connectivity index (χ4v) is 1.07. The molecular formula is C9H14O6. The zero-order valence-corrected chi connectivity index (χ0v) is 8.69. The molecule has 0 spiro atoms. The first-order valence-corrected chi connectivity index (χ1v) is 4.37. The van der Waals surface area contributed by atoms with E-state index >= 15 is 0 Å². The molecule has 1 unspecified atom stereocenters. The molecule has 6 heteroatoms. The van der Waals surface area contributed by atoms with E-state index in [1.165, 1.54) is 14.2 Å². The molecule has 0 amide bonds. The molecule has 6 nitrogen and oxygen atoms in total. The fraction of sp³-hybridized carbons (Fsp3) is 0.667. The van der Waals surface area contributed by atoms with Crippen LogP contribution in [-0.2, 0) is 23.9 Å². The SMILES string of the molecule is COC(=O)CCC(CC(=O)O)C(=O)OC. The number of methoxy groups -OCH3 is 2. The van der Waals surface area contributed by atoms with Gasteiger partial charge in [0.1, 0.15) is 0 Å². The summed E-state index contributed by atoms with van der Waals surface area (Å²) >= 11 is 0. The number of hydrogen-bond acceptors (Lipinski definition) is 5. The Kier molecular flexibility index (Phi) is 6.08. The third-order valence-electron chi connectivity index (χ3n) is 1.88. The molecule has 0 aliphatic heterocycles.